The van der Waals surface area contributed by atoms with E-state index in [1.54, 1.807) is 49.4 Å². The Kier molecular flexibility index (Phi) is 6.79. The molecular weight excluding hydrogens is 384 g/mol. The normalized spacial score (nSPS) is 10.5. The fraction of sp³-hybridized carbons (Fsp3) is 0.273. The van der Waals surface area contributed by atoms with Crippen molar-refractivity contribution < 1.29 is 18.8 Å². The Morgan fingerprint density at radius 2 is 1.87 bits per heavy atom. The van der Waals surface area contributed by atoms with E-state index in [4.69, 9.17) is 9.26 Å². The molecule has 0 bridgehead atoms. The highest BCUT2D eigenvalue weighted by molar-refractivity contribution is 6.00. The lowest BCUT2D eigenvalue weighted by molar-refractivity contribution is -0.116. The topological polar surface area (TPSA) is 97.6 Å². The van der Waals surface area contributed by atoms with Crippen molar-refractivity contribution >= 4 is 17.5 Å². The van der Waals surface area contributed by atoms with Crippen molar-refractivity contribution in [2.75, 3.05) is 25.5 Å². The average molecular weight is 408 g/mol. The van der Waals surface area contributed by atoms with E-state index >= 15 is 0 Å². The second-order valence-corrected chi connectivity index (χ2v) is 6.70. The molecular formula is C22H24N4O4. The van der Waals surface area contributed by atoms with Crippen LogP contribution in [-0.4, -0.2) is 47.1 Å². The zero-order chi connectivity index (χ0) is 21.5. The van der Waals surface area contributed by atoms with Crippen LogP contribution in [0.25, 0.3) is 11.5 Å². The van der Waals surface area contributed by atoms with E-state index in [0.29, 0.717) is 35.3 Å². The van der Waals surface area contributed by atoms with Gasteiger partial charge in [0, 0.05) is 17.7 Å². The van der Waals surface area contributed by atoms with Gasteiger partial charge in [0.25, 0.3) is 11.8 Å². The van der Waals surface area contributed by atoms with E-state index in [9.17, 15) is 9.59 Å². The molecule has 0 atom stereocenters. The highest BCUT2D eigenvalue weighted by Gasteiger charge is 2.19. The second kappa shape index (κ2) is 9.69. The number of amides is 2. The summed E-state index contributed by atoms with van der Waals surface area (Å²) in [6.07, 6.45) is 0.729. The minimum Gasteiger partial charge on any atom is -0.495 e. The minimum absolute atomic E-state index is 0.0602. The van der Waals surface area contributed by atoms with Crippen molar-refractivity contribution in [2.45, 2.75) is 20.3 Å². The number of carbonyl (C=O) groups is 2. The van der Waals surface area contributed by atoms with Gasteiger partial charge >= 0.3 is 0 Å². The number of para-hydroxylation sites is 2. The number of nitrogens with one attached hydrogen (secondary N) is 1. The summed E-state index contributed by atoms with van der Waals surface area (Å²) in [6.45, 7) is 4.10. The van der Waals surface area contributed by atoms with E-state index < -0.39 is 0 Å². The van der Waals surface area contributed by atoms with E-state index in [0.717, 1.165) is 12.0 Å². The fourth-order valence-electron chi connectivity index (χ4n) is 2.99. The predicted octanol–water partition coefficient (Wildman–Crippen LogP) is 3.54. The third-order valence-electron chi connectivity index (χ3n) is 4.40. The molecule has 0 saturated carbocycles. The molecule has 8 nitrogen and oxygen atoms in total. The van der Waals surface area contributed by atoms with E-state index in [1.165, 1.54) is 12.0 Å². The molecule has 3 aromatic rings. The Morgan fingerprint density at radius 1 is 1.13 bits per heavy atom. The molecule has 0 unspecified atom stereocenters. The lowest BCUT2D eigenvalue weighted by atomic mass is 10.1. The standard InChI is InChI=1S/C22H24N4O4/c1-4-13-26(14-20(27)24-18-7-5-6-8-19(18)29-3)22(28)17-11-9-16(10-12-17)21-23-15(2)25-30-21/h5-12H,4,13-14H2,1-3H3,(H,24,27). The Labute approximate surface area is 174 Å². The summed E-state index contributed by atoms with van der Waals surface area (Å²) < 4.78 is 10.4. The Bertz CT molecular complexity index is 1010. The first-order chi connectivity index (χ1) is 14.5. The SMILES string of the molecule is CCCN(CC(=O)Nc1ccccc1OC)C(=O)c1ccc(-c2nc(C)no2)cc1. The van der Waals surface area contributed by atoms with Gasteiger partial charge in [0.15, 0.2) is 5.82 Å². The number of hydrogen-bond donors (Lipinski definition) is 1. The second-order valence-electron chi connectivity index (χ2n) is 6.70. The first-order valence-corrected chi connectivity index (χ1v) is 9.64. The first kappa shape index (κ1) is 21.0. The average Bonchev–Trinajstić information content (AvgIpc) is 3.19. The maximum Gasteiger partial charge on any atom is 0.257 e. The number of carbonyl (C=O) groups excluding carboxylic acids is 2. The maximum atomic E-state index is 13.0. The van der Waals surface area contributed by atoms with Crippen LogP contribution in [0.1, 0.15) is 29.5 Å². The molecule has 0 saturated heterocycles. The molecule has 8 heteroatoms. The number of rotatable bonds is 8. The van der Waals surface area contributed by atoms with Gasteiger partial charge in [0.1, 0.15) is 12.3 Å². The van der Waals surface area contributed by atoms with Crippen LogP contribution in [0, 0.1) is 6.92 Å². The number of aromatic nitrogens is 2. The van der Waals surface area contributed by atoms with Gasteiger partial charge < -0.3 is 19.5 Å². The van der Waals surface area contributed by atoms with Crippen molar-refractivity contribution in [3.8, 4) is 17.2 Å². The van der Waals surface area contributed by atoms with Crippen molar-refractivity contribution in [3.05, 3.63) is 59.9 Å². The molecule has 0 aliphatic carbocycles. The van der Waals surface area contributed by atoms with Crippen LogP contribution in [0.3, 0.4) is 0 Å². The molecule has 1 aromatic heterocycles. The summed E-state index contributed by atoms with van der Waals surface area (Å²) >= 11 is 0. The van der Waals surface area contributed by atoms with Gasteiger partial charge in [-0.15, -0.1) is 0 Å². The largest absolute Gasteiger partial charge is 0.495 e. The lowest BCUT2D eigenvalue weighted by Crippen LogP contribution is -2.38. The molecule has 30 heavy (non-hydrogen) atoms. The monoisotopic (exact) mass is 408 g/mol. The molecule has 0 spiro atoms. The van der Waals surface area contributed by atoms with Crippen LogP contribution in [0.4, 0.5) is 5.69 Å². The molecule has 0 aliphatic heterocycles. The maximum absolute atomic E-state index is 13.0. The quantitative estimate of drug-likeness (QED) is 0.612. The minimum atomic E-state index is -0.292. The Hall–Kier alpha value is -3.68. The number of ether oxygens (including phenoxy) is 1. The Balaban J connectivity index is 1.70. The van der Waals surface area contributed by atoms with Crippen molar-refractivity contribution in [1.29, 1.82) is 0 Å². The number of aryl methyl sites for hydroxylation is 1. The van der Waals surface area contributed by atoms with Gasteiger partial charge in [0.2, 0.25) is 5.91 Å². The van der Waals surface area contributed by atoms with Crippen molar-refractivity contribution in [3.63, 3.8) is 0 Å². The van der Waals surface area contributed by atoms with Crippen molar-refractivity contribution in [1.82, 2.24) is 15.0 Å². The summed E-state index contributed by atoms with van der Waals surface area (Å²) in [7, 11) is 1.54. The summed E-state index contributed by atoms with van der Waals surface area (Å²) in [5.74, 6) is 0.985. The predicted molar refractivity (Wildman–Crippen MR) is 112 cm³/mol. The van der Waals surface area contributed by atoms with E-state index in [-0.39, 0.29) is 18.4 Å². The number of benzene rings is 2. The molecule has 1 heterocycles. The summed E-state index contributed by atoms with van der Waals surface area (Å²) in [5.41, 5.74) is 1.77. The number of nitrogens with zero attached hydrogens (tertiary/aromatic N) is 3. The lowest BCUT2D eigenvalue weighted by Gasteiger charge is -2.22. The zero-order valence-corrected chi connectivity index (χ0v) is 17.2. The molecule has 3 rings (SSSR count). The third-order valence-corrected chi connectivity index (χ3v) is 4.40. The van der Waals surface area contributed by atoms with Crippen LogP contribution in [0.5, 0.6) is 5.75 Å². The van der Waals surface area contributed by atoms with Crippen LogP contribution < -0.4 is 10.1 Å². The first-order valence-electron chi connectivity index (χ1n) is 9.64. The number of anilines is 1. The van der Waals surface area contributed by atoms with Gasteiger partial charge in [-0.25, -0.2) is 0 Å². The van der Waals surface area contributed by atoms with Gasteiger partial charge in [-0.05, 0) is 49.7 Å². The molecule has 1 N–H and O–H groups in total. The van der Waals surface area contributed by atoms with E-state index in [1.807, 2.05) is 13.0 Å². The smallest absolute Gasteiger partial charge is 0.257 e. The van der Waals surface area contributed by atoms with Gasteiger partial charge in [0.05, 0.1) is 12.8 Å². The third kappa shape index (κ3) is 5.02. The zero-order valence-electron chi connectivity index (χ0n) is 17.2. The Morgan fingerprint density at radius 3 is 2.50 bits per heavy atom. The highest BCUT2D eigenvalue weighted by Crippen LogP contribution is 2.23. The van der Waals surface area contributed by atoms with Crippen LogP contribution >= 0.6 is 0 Å². The number of hydrogen-bond acceptors (Lipinski definition) is 6. The van der Waals surface area contributed by atoms with Crippen molar-refractivity contribution in [2.24, 2.45) is 0 Å². The van der Waals surface area contributed by atoms with Crippen LogP contribution in [-0.2, 0) is 4.79 Å². The molecule has 0 radical (unpaired) electrons. The molecule has 2 amide bonds. The highest BCUT2D eigenvalue weighted by atomic mass is 16.5. The fourth-order valence-corrected chi connectivity index (χ4v) is 2.99. The van der Waals surface area contributed by atoms with Crippen LogP contribution in [0.15, 0.2) is 53.1 Å². The van der Waals surface area contributed by atoms with Crippen LogP contribution in [0.2, 0.25) is 0 Å². The summed E-state index contributed by atoms with van der Waals surface area (Å²) in [6, 6.07) is 14.0. The molecule has 0 aliphatic rings. The molecule has 2 aromatic carbocycles. The number of methoxy groups -OCH3 is 1. The summed E-state index contributed by atoms with van der Waals surface area (Å²) in [5, 5.41) is 6.57. The van der Waals surface area contributed by atoms with Gasteiger partial charge in [-0.3, -0.25) is 9.59 Å². The van der Waals surface area contributed by atoms with Gasteiger partial charge in [-0.1, -0.05) is 24.2 Å². The molecule has 156 valence electrons. The van der Waals surface area contributed by atoms with Gasteiger partial charge in [-0.2, -0.15) is 4.98 Å². The molecule has 0 fully saturated rings. The van der Waals surface area contributed by atoms with E-state index in [2.05, 4.69) is 15.5 Å². The summed E-state index contributed by atoms with van der Waals surface area (Å²) in [4.78, 5) is 31.2.